The minimum atomic E-state index is 0.150. The lowest BCUT2D eigenvalue weighted by Gasteiger charge is -2.31. The molecular formula is C17H23N5O2. The fourth-order valence-corrected chi connectivity index (χ4v) is 2.92. The molecule has 2 aromatic heterocycles. The average molecular weight is 329 g/mol. The van der Waals surface area contributed by atoms with Crippen LogP contribution in [-0.2, 0) is 11.2 Å². The zero-order valence-electron chi connectivity index (χ0n) is 14.2. The SMILES string of the molecule is CC(C)c1nnc(CCC(=O)N2CCC(c3cnccn3)CC2)o1. The maximum Gasteiger partial charge on any atom is 0.223 e. The van der Waals surface area contributed by atoms with E-state index in [9.17, 15) is 4.79 Å². The third-order valence-corrected chi connectivity index (χ3v) is 4.38. The van der Waals surface area contributed by atoms with Crippen LogP contribution in [0.2, 0.25) is 0 Å². The van der Waals surface area contributed by atoms with Crippen LogP contribution in [0.4, 0.5) is 0 Å². The van der Waals surface area contributed by atoms with Crippen LogP contribution in [0.5, 0.6) is 0 Å². The number of hydrogen-bond donors (Lipinski definition) is 0. The van der Waals surface area contributed by atoms with Crippen LogP contribution in [0.15, 0.2) is 23.0 Å². The van der Waals surface area contributed by atoms with Crippen molar-refractivity contribution < 1.29 is 9.21 Å². The van der Waals surface area contributed by atoms with Crippen LogP contribution < -0.4 is 0 Å². The van der Waals surface area contributed by atoms with Crippen molar-refractivity contribution in [3.63, 3.8) is 0 Å². The van der Waals surface area contributed by atoms with Crippen molar-refractivity contribution in [2.75, 3.05) is 13.1 Å². The number of nitrogens with zero attached hydrogens (tertiary/aromatic N) is 5. The summed E-state index contributed by atoms with van der Waals surface area (Å²) in [6, 6.07) is 0. The highest BCUT2D eigenvalue weighted by Crippen LogP contribution is 2.26. The van der Waals surface area contributed by atoms with E-state index in [2.05, 4.69) is 20.2 Å². The largest absolute Gasteiger partial charge is 0.425 e. The van der Waals surface area contributed by atoms with Gasteiger partial charge in [-0.1, -0.05) is 13.8 Å². The number of aromatic nitrogens is 4. The van der Waals surface area contributed by atoms with Gasteiger partial charge in [-0.2, -0.15) is 0 Å². The van der Waals surface area contributed by atoms with Crippen molar-refractivity contribution >= 4 is 5.91 Å². The topological polar surface area (TPSA) is 85.0 Å². The van der Waals surface area contributed by atoms with Gasteiger partial charge in [0.1, 0.15) is 0 Å². The Bertz CT molecular complexity index is 663. The third kappa shape index (κ3) is 3.96. The van der Waals surface area contributed by atoms with Crippen molar-refractivity contribution in [3.8, 4) is 0 Å². The molecule has 2 aromatic rings. The van der Waals surface area contributed by atoms with Crippen LogP contribution in [0.1, 0.15) is 62.4 Å². The van der Waals surface area contributed by atoms with Crippen LogP contribution in [0.25, 0.3) is 0 Å². The van der Waals surface area contributed by atoms with Gasteiger partial charge in [0.25, 0.3) is 0 Å². The van der Waals surface area contributed by atoms with Gasteiger partial charge >= 0.3 is 0 Å². The Balaban J connectivity index is 1.46. The van der Waals surface area contributed by atoms with E-state index < -0.39 is 0 Å². The van der Waals surface area contributed by atoms with E-state index in [-0.39, 0.29) is 11.8 Å². The molecule has 1 aliphatic rings. The van der Waals surface area contributed by atoms with E-state index in [0.29, 0.717) is 30.5 Å². The molecule has 0 atom stereocenters. The number of carbonyl (C=O) groups is 1. The molecule has 128 valence electrons. The van der Waals surface area contributed by atoms with Crippen LogP contribution >= 0.6 is 0 Å². The number of amides is 1. The molecule has 0 aliphatic carbocycles. The maximum atomic E-state index is 12.4. The summed E-state index contributed by atoms with van der Waals surface area (Å²) in [5.41, 5.74) is 1.02. The molecule has 7 heteroatoms. The summed E-state index contributed by atoms with van der Waals surface area (Å²) in [6.07, 6.45) is 8.01. The molecule has 1 saturated heterocycles. The molecule has 0 saturated carbocycles. The molecule has 24 heavy (non-hydrogen) atoms. The second kappa shape index (κ2) is 7.51. The first-order valence-corrected chi connectivity index (χ1v) is 8.49. The quantitative estimate of drug-likeness (QED) is 0.837. The molecule has 0 spiro atoms. The lowest BCUT2D eigenvalue weighted by molar-refractivity contribution is -0.132. The van der Waals surface area contributed by atoms with Gasteiger partial charge in [0.05, 0.1) is 5.69 Å². The maximum absolute atomic E-state index is 12.4. The molecule has 7 nitrogen and oxygen atoms in total. The summed E-state index contributed by atoms with van der Waals surface area (Å²) in [5, 5.41) is 8.00. The lowest BCUT2D eigenvalue weighted by atomic mass is 9.93. The normalized spacial score (nSPS) is 15.9. The fourth-order valence-electron chi connectivity index (χ4n) is 2.92. The van der Waals surface area contributed by atoms with Crippen LogP contribution in [0.3, 0.4) is 0 Å². The second-order valence-electron chi connectivity index (χ2n) is 6.47. The van der Waals surface area contributed by atoms with Gasteiger partial charge in [0.2, 0.25) is 17.7 Å². The van der Waals surface area contributed by atoms with Gasteiger partial charge in [-0.3, -0.25) is 14.8 Å². The van der Waals surface area contributed by atoms with Crippen molar-refractivity contribution in [3.05, 3.63) is 36.1 Å². The highest BCUT2D eigenvalue weighted by atomic mass is 16.4. The summed E-state index contributed by atoms with van der Waals surface area (Å²) in [7, 11) is 0. The zero-order valence-corrected chi connectivity index (χ0v) is 14.2. The molecule has 3 heterocycles. The average Bonchev–Trinajstić information content (AvgIpc) is 3.10. The first kappa shape index (κ1) is 16.5. The molecule has 0 bridgehead atoms. The number of likely N-dealkylation sites (tertiary alicyclic amines) is 1. The molecule has 0 aromatic carbocycles. The summed E-state index contributed by atoms with van der Waals surface area (Å²) >= 11 is 0. The van der Waals surface area contributed by atoms with E-state index in [0.717, 1.165) is 31.6 Å². The Morgan fingerprint density at radius 1 is 1.29 bits per heavy atom. The minimum absolute atomic E-state index is 0.150. The summed E-state index contributed by atoms with van der Waals surface area (Å²) in [4.78, 5) is 22.8. The van der Waals surface area contributed by atoms with Crippen molar-refractivity contribution in [1.29, 1.82) is 0 Å². The van der Waals surface area contributed by atoms with Gasteiger partial charge < -0.3 is 9.32 Å². The molecule has 1 fully saturated rings. The highest BCUT2D eigenvalue weighted by Gasteiger charge is 2.24. The smallest absolute Gasteiger partial charge is 0.223 e. The van der Waals surface area contributed by atoms with Crippen molar-refractivity contribution in [2.45, 2.75) is 51.4 Å². The molecular weight excluding hydrogens is 306 g/mol. The lowest BCUT2D eigenvalue weighted by Crippen LogP contribution is -2.38. The van der Waals surface area contributed by atoms with E-state index in [1.165, 1.54) is 0 Å². The third-order valence-electron chi connectivity index (χ3n) is 4.38. The van der Waals surface area contributed by atoms with Gasteiger partial charge in [0, 0.05) is 56.4 Å². The second-order valence-corrected chi connectivity index (χ2v) is 6.47. The Morgan fingerprint density at radius 2 is 2.08 bits per heavy atom. The summed E-state index contributed by atoms with van der Waals surface area (Å²) in [5.74, 6) is 1.93. The number of aryl methyl sites for hydroxylation is 1. The Labute approximate surface area is 141 Å². The fraction of sp³-hybridized carbons (Fsp3) is 0.588. The van der Waals surface area contributed by atoms with Crippen molar-refractivity contribution in [1.82, 2.24) is 25.1 Å². The van der Waals surface area contributed by atoms with Gasteiger partial charge in [0.15, 0.2) is 0 Å². The number of carbonyl (C=O) groups excluding carboxylic acids is 1. The van der Waals surface area contributed by atoms with Crippen LogP contribution in [-0.4, -0.2) is 44.1 Å². The van der Waals surface area contributed by atoms with E-state index >= 15 is 0 Å². The van der Waals surface area contributed by atoms with Crippen molar-refractivity contribution in [2.24, 2.45) is 0 Å². The predicted molar refractivity (Wildman–Crippen MR) is 87.3 cm³/mol. The standard InChI is InChI=1S/C17H23N5O2/c1-12(2)17-21-20-15(24-17)3-4-16(23)22-9-5-13(6-10-22)14-11-18-7-8-19-14/h7-8,11-13H,3-6,9-10H2,1-2H3. The van der Waals surface area contributed by atoms with E-state index in [4.69, 9.17) is 4.42 Å². The predicted octanol–water partition coefficient (Wildman–Crippen LogP) is 2.32. The van der Waals surface area contributed by atoms with Gasteiger partial charge in [-0.15, -0.1) is 10.2 Å². The minimum Gasteiger partial charge on any atom is -0.425 e. The number of rotatable bonds is 5. The van der Waals surface area contributed by atoms with E-state index in [1.807, 2.05) is 24.9 Å². The first-order valence-electron chi connectivity index (χ1n) is 8.49. The zero-order chi connectivity index (χ0) is 16.9. The summed E-state index contributed by atoms with van der Waals surface area (Å²) < 4.78 is 5.55. The molecule has 1 amide bonds. The Hall–Kier alpha value is -2.31. The van der Waals surface area contributed by atoms with Crippen LogP contribution in [0, 0.1) is 0 Å². The van der Waals surface area contributed by atoms with E-state index in [1.54, 1.807) is 12.4 Å². The number of hydrogen-bond acceptors (Lipinski definition) is 6. The number of piperidine rings is 1. The summed E-state index contributed by atoms with van der Waals surface area (Å²) in [6.45, 7) is 5.54. The molecule has 0 unspecified atom stereocenters. The van der Waals surface area contributed by atoms with Gasteiger partial charge in [-0.25, -0.2) is 0 Å². The van der Waals surface area contributed by atoms with Gasteiger partial charge in [-0.05, 0) is 12.8 Å². The Kier molecular flexibility index (Phi) is 5.17. The molecule has 0 N–H and O–H groups in total. The molecule has 0 radical (unpaired) electrons. The molecule has 1 aliphatic heterocycles. The molecule has 3 rings (SSSR count). The highest BCUT2D eigenvalue weighted by molar-refractivity contribution is 5.76. The first-order chi connectivity index (χ1) is 11.6. The monoisotopic (exact) mass is 329 g/mol. The Morgan fingerprint density at radius 3 is 2.71 bits per heavy atom.